The van der Waals surface area contributed by atoms with Gasteiger partial charge in [-0.25, -0.2) is 0 Å². The molecule has 1 amide bonds. The molecule has 1 atom stereocenters. The smallest absolute Gasteiger partial charge is 0.269 e. The van der Waals surface area contributed by atoms with Crippen LogP contribution in [0, 0.1) is 5.41 Å². The molecule has 1 aromatic heterocycles. The number of nitrogens with two attached hydrogens (primary N) is 1. The Morgan fingerprint density at radius 3 is 3.20 bits per heavy atom. The van der Waals surface area contributed by atoms with E-state index in [1.807, 2.05) is 17.9 Å². The minimum Gasteiger partial charge on any atom is -0.385 e. The predicted molar refractivity (Wildman–Crippen MR) is 76.1 cm³/mol. The van der Waals surface area contributed by atoms with E-state index in [1.54, 1.807) is 12.3 Å². The topological polar surface area (TPSA) is 104 Å². The molecule has 1 fully saturated rings. The molecule has 1 aliphatic rings. The minimum absolute atomic E-state index is 0.0210. The highest BCUT2D eigenvalue weighted by Gasteiger charge is 2.23. The van der Waals surface area contributed by atoms with Crippen molar-refractivity contribution in [2.75, 3.05) is 31.1 Å². The van der Waals surface area contributed by atoms with Crippen LogP contribution in [-0.2, 0) is 4.74 Å². The number of carbonyl (C=O) groups is 1. The van der Waals surface area contributed by atoms with E-state index in [0.29, 0.717) is 31.9 Å². The Morgan fingerprint density at radius 2 is 2.50 bits per heavy atom. The number of amides is 1. The van der Waals surface area contributed by atoms with Crippen molar-refractivity contribution in [3.63, 3.8) is 0 Å². The molecule has 0 spiro atoms. The molecule has 0 bridgehead atoms. The summed E-state index contributed by atoms with van der Waals surface area (Å²) in [7, 11) is 0. The molecule has 108 valence electrons. The maximum absolute atomic E-state index is 11.8. The molecule has 7 heteroatoms. The summed E-state index contributed by atoms with van der Waals surface area (Å²) >= 11 is 0. The number of rotatable bonds is 4. The van der Waals surface area contributed by atoms with Crippen molar-refractivity contribution in [2.24, 2.45) is 5.73 Å². The molecule has 0 aliphatic carbocycles. The van der Waals surface area contributed by atoms with Gasteiger partial charge in [0.1, 0.15) is 17.6 Å². The van der Waals surface area contributed by atoms with Crippen LogP contribution in [0.15, 0.2) is 18.3 Å². The van der Waals surface area contributed by atoms with Crippen LogP contribution in [-0.4, -0.2) is 49.1 Å². The van der Waals surface area contributed by atoms with Crippen LogP contribution in [0.5, 0.6) is 0 Å². The Balaban J connectivity index is 2.14. The van der Waals surface area contributed by atoms with E-state index in [0.717, 1.165) is 5.69 Å². The second-order valence-corrected chi connectivity index (χ2v) is 4.52. The molecule has 2 rings (SSSR count). The molecule has 1 saturated heterocycles. The normalized spacial score (nSPS) is 18.6. The van der Waals surface area contributed by atoms with Crippen LogP contribution < -0.4 is 16.0 Å². The summed E-state index contributed by atoms with van der Waals surface area (Å²) in [6, 6.07) is 3.58. The second-order valence-electron chi connectivity index (χ2n) is 4.52. The van der Waals surface area contributed by atoms with Crippen LogP contribution >= 0.6 is 0 Å². The maximum Gasteiger partial charge on any atom is 0.269 e. The minimum atomic E-state index is -0.398. The van der Waals surface area contributed by atoms with Gasteiger partial charge in [0.15, 0.2) is 0 Å². The monoisotopic (exact) mass is 277 g/mol. The lowest BCUT2D eigenvalue weighted by Crippen LogP contribution is -2.48. The number of amidine groups is 1. The highest BCUT2D eigenvalue weighted by molar-refractivity contribution is 5.93. The lowest BCUT2D eigenvalue weighted by Gasteiger charge is -2.33. The van der Waals surface area contributed by atoms with E-state index in [-0.39, 0.29) is 11.7 Å². The van der Waals surface area contributed by atoms with E-state index in [1.165, 1.54) is 0 Å². The third kappa shape index (κ3) is 3.24. The van der Waals surface area contributed by atoms with Gasteiger partial charge in [-0.1, -0.05) is 0 Å². The fourth-order valence-corrected chi connectivity index (χ4v) is 2.06. The summed E-state index contributed by atoms with van der Waals surface area (Å²) in [5.74, 6) is -0.168. The van der Waals surface area contributed by atoms with Crippen LogP contribution in [0.4, 0.5) is 5.69 Å². The van der Waals surface area contributed by atoms with E-state index in [2.05, 4.69) is 10.3 Å². The van der Waals surface area contributed by atoms with Crippen molar-refractivity contribution in [1.29, 1.82) is 5.41 Å². The number of ether oxygens (including phenoxy) is 1. The van der Waals surface area contributed by atoms with Gasteiger partial charge >= 0.3 is 0 Å². The number of anilines is 1. The largest absolute Gasteiger partial charge is 0.385 e. The second kappa shape index (κ2) is 6.33. The van der Waals surface area contributed by atoms with Crippen molar-refractivity contribution >= 4 is 17.4 Å². The van der Waals surface area contributed by atoms with Crippen molar-refractivity contribution < 1.29 is 9.53 Å². The van der Waals surface area contributed by atoms with Gasteiger partial charge in [0, 0.05) is 25.0 Å². The predicted octanol–water partition coefficient (Wildman–Crippen LogP) is -0.0275. The van der Waals surface area contributed by atoms with Crippen molar-refractivity contribution in [3.05, 3.63) is 24.0 Å². The molecule has 20 heavy (non-hydrogen) atoms. The number of aromatic nitrogens is 1. The van der Waals surface area contributed by atoms with E-state index in [4.69, 9.17) is 15.9 Å². The zero-order chi connectivity index (χ0) is 14.5. The summed E-state index contributed by atoms with van der Waals surface area (Å²) in [5.41, 5.74) is 6.75. The van der Waals surface area contributed by atoms with Gasteiger partial charge in [0.25, 0.3) is 5.91 Å². The number of hydrogen-bond donors (Lipinski definition) is 3. The molecular formula is C13H19N5O2. The van der Waals surface area contributed by atoms with Gasteiger partial charge in [0.2, 0.25) is 0 Å². The van der Waals surface area contributed by atoms with Crippen molar-refractivity contribution in [1.82, 2.24) is 10.3 Å². The lowest BCUT2D eigenvalue weighted by molar-refractivity contribution is 0.0826. The molecule has 7 nitrogen and oxygen atoms in total. The molecule has 1 unspecified atom stereocenters. The Labute approximate surface area is 117 Å². The first-order valence-corrected chi connectivity index (χ1v) is 6.56. The third-order valence-corrected chi connectivity index (χ3v) is 3.09. The number of hydrogen-bond acceptors (Lipinski definition) is 5. The standard InChI is InChI=1S/C13H19N5O2/c1-2-16-13(19)10-7-9(3-4-17-10)18-5-6-20-11(8-18)12(14)15/h3-4,7,11H,2,5-6,8H2,1H3,(H3,14,15)(H,16,19). The van der Waals surface area contributed by atoms with Crippen LogP contribution in [0.1, 0.15) is 17.4 Å². The number of morpholine rings is 1. The quantitative estimate of drug-likeness (QED) is 0.529. The van der Waals surface area contributed by atoms with Gasteiger partial charge in [-0.2, -0.15) is 0 Å². The fourth-order valence-electron chi connectivity index (χ4n) is 2.06. The fraction of sp³-hybridized carbons (Fsp3) is 0.462. The Morgan fingerprint density at radius 1 is 1.70 bits per heavy atom. The molecule has 1 aliphatic heterocycles. The first-order chi connectivity index (χ1) is 9.61. The molecule has 0 radical (unpaired) electrons. The average molecular weight is 277 g/mol. The zero-order valence-corrected chi connectivity index (χ0v) is 11.4. The van der Waals surface area contributed by atoms with E-state index in [9.17, 15) is 4.79 Å². The molecule has 0 aromatic carbocycles. The summed E-state index contributed by atoms with van der Waals surface area (Å²) in [6.07, 6.45) is 1.21. The van der Waals surface area contributed by atoms with Crippen LogP contribution in [0.25, 0.3) is 0 Å². The highest BCUT2D eigenvalue weighted by atomic mass is 16.5. The summed E-state index contributed by atoms with van der Waals surface area (Å²) < 4.78 is 5.42. The summed E-state index contributed by atoms with van der Waals surface area (Å²) in [4.78, 5) is 17.9. The molecule has 1 aromatic rings. The molecule has 4 N–H and O–H groups in total. The highest BCUT2D eigenvalue weighted by Crippen LogP contribution is 2.18. The Hall–Kier alpha value is -2.15. The van der Waals surface area contributed by atoms with Crippen LogP contribution in [0.2, 0.25) is 0 Å². The first-order valence-electron chi connectivity index (χ1n) is 6.56. The zero-order valence-electron chi connectivity index (χ0n) is 11.4. The first kappa shape index (κ1) is 14.3. The van der Waals surface area contributed by atoms with Gasteiger partial charge in [-0.3, -0.25) is 15.2 Å². The number of nitrogens with zero attached hydrogens (tertiary/aromatic N) is 2. The molecule has 0 saturated carbocycles. The molecule has 2 heterocycles. The van der Waals surface area contributed by atoms with Gasteiger partial charge in [-0.05, 0) is 19.1 Å². The van der Waals surface area contributed by atoms with Crippen molar-refractivity contribution in [3.8, 4) is 0 Å². The lowest BCUT2D eigenvalue weighted by atomic mass is 10.2. The van der Waals surface area contributed by atoms with Crippen molar-refractivity contribution in [2.45, 2.75) is 13.0 Å². The number of pyridine rings is 1. The maximum atomic E-state index is 11.8. The molecular weight excluding hydrogens is 258 g/mol. The van der Waals surface area contributed by atoms with Crippen LogP contribution in [0.3, 0.4) is 0 Å². The van der Waals surface area contributed by atoms with E-state index < -0.39 is 6.10 Å². The van der Waals surface area contributed by atoms with E-state index >= 15 is 0 Å². The average Bonchev–Trinajstić information content (AvgIpc) is 2.48. The Bertz CT molecular complexity index is 505. The number of nitrogens with one attached hydrogen (secondary N) is 2. The van der Waals surface area contributed by atoms with Gasteiger partial charge in [0.05, 0.1) is 13.2 Å². The SMILES string of the molecule is CCNC(=O)c1cc(N2CCOC(C(=N)N)C2)ccn1. The van der Waals surface area contributed by atoms with Gasteiger partial charge < -0.3 is 20.7 Å². The summed E-state index contributed by atoms with van der Waals surface area (Å²) in [6.45, 7) is 4.13. The Kier molecular flexibility index (Phi) is 4.52. The summed E-state index contributed by atoms with van der Waals surface area (Å²) in [5, 5.41) is 10.2. The third-order valence-electron chi connectivity index (χ3n) is 3.09. The number of carbonyl (C=O) groups excluding carboxylic acids is 1. The van der Waals surface area contributed by atoms with Gasteiger partial charge in [-0.15, -0.1) is 0 Å².